The van der Waals surface area contributed by atoms with Crippen LogP contribution in [0.1, 0.15) is 53.3 Å². The molecule has 29 heavy (non-hydrogen) atoms. The molecule has 0 bridgehead atoms. The van der Waals surface area contributed by atoms with E-state index in [1.807, 2.05) is 0 Å². The highest BCUT2D eigenvalue weighted by Gasteiger charge is 2.26. The van der Waals surface area contributed by atoms with E-state index in [4.69, 9.17) is 9.47 Å². The van der Waals surface area contributed by atoms with Crippen molar-refractivity contribution in [2.45, 2.75) is 47.1 Å². The zero-order chi connectivity index (χ0) is 21.0. The lowest BCUT2D eigenvalue weighted by molar-refractivity contribution is 0.222. The Hall–Kier alpha value is -2.04. The van der Waals surface area contributed by atoms with Gasteiger partial charge >= 0.3 is 0 Å². The van der Waals surface area contributed by atoms with Crippen molar-refractivity contribution in [2.75, 3.05) is 39.9 Å². The van der Waals surface area contributed by atoms with Crippen LogP contribution in [0, 0.1) is 20.8 Å². The molecule has 0 amide bonds. The molecular weight excluding hydrogens is 360 g/mol. The average Bonchev–Trinajstić information content (AvgIpc) is 2.74. The fraction of sp³-hybridized carbons (Fsp3) is 0.520. The van der Waals surface area contributed by atoms with E-state index in [1.165, 1.54) is 33.4 Å². The van der Waals surface area contributed by atoms with E-state index in [1.54, 1.807) is 7.11 Å². The van der Waals surface area contributed by atoms with E-state index in [2.05, 4.69) is 69.1 Å². The summed E-state index contributed by atoms with van der Waals surface area (Å²) >= 11 is 0. The number of ether oxygens (including phenoxy) is 2. The van der Waals surface area contributed by atoms with Crippen LogP contribution in [0.15, 0.2) is 24.3 Å². The number of rotatable bonds is 8. The number of methoxy groups -OCH3 is 1. The molecule has 2 aromatic rings. The van der Waals surface area contributed by atoms with Crippen molar-refractivity contribution >= 4 is 0 Å². The third-order valence-electron chi connectivity index (χ3n) is 6.36. The van der Waals surface area contributed by atoms with Crippen LogP contribution >= 0.6 is 0 Å². The predicted octanol–water partition coefficient (Wildman–Crippen LogP) is 4.58. The molecule has 1 unspecified atom stereocenters. The van der Waals surface area contributed by atoms with Crippen LogP contribution in [0.4, 0.5) is 0 Å². The predicted molar refractivity (Wildman–Crippen MR) is 120 cm³/mol. The summed E-state index contributed by atoms with van der Waals surface area (Å²) in [6, 6.07) is 9.00. The SMILES string of the molecule is CCN(CC)CCOc1ccc2c(c1)CCNC2c1c(C)cc(OC)c(C)c1C. The Morgan fingerprint density at radius 3 is 2.52 bits per heavy atom. The molecule has 0 spiro atoms. The molecule has 0 saturated carbocycles. The van der Waals surface area contributed by atoms with Crippen LogP contribution in [0.3, 0.4) is 0 Å². The van der Waals surface area contributed by atoms with Gasteiger partial charge in [-0.1, -0.05) is 19.9 Å². The largest absolute Gasteiger partial charge is 0.496 e. The van der Waals surface area contributed by atoms with Crippen molar-refractivity contribution in [3.63, 3.8) is 0 Å². The van der Waals surface area contributed by atoms with Gasteiger partial charge in [0.05, 0.1) is 13.2 Å². The number of nitrogens with one attached hydrogen (secondary N) is 1. The van der Waals surface area contributed by atoms with Crippen LogP contribution in [0.25, 0.3) is 0 Å². The molecule has 0 aliphatic carbocycles. The molecule has 1 heterocycles. The molecule has 0 radical (unpaired) electrons. The van der Waals surface area contributed by atoms with Crippen molar-refractivity contribution in [3.05, 3.63) is 57.6 Å². The third kappa shape index (κ3) is 4.59. The molecule has 3 rings (SSSR count). The van der Waals surface area contributed by atoms with Crippen LogP contribution < -0.4 is 14.8 Å². The Kier molecular flexibility index (Phi) is 7.20. The van der Waals surface area contributed by atoms with E-state index in [0.29, 0.717) is 0 Å². The first kappa shape index (κ1) is 21.7. The van der Waals surface area contributed by atoms with E-state index in [9.17, 15) is 0 Å². The van der Waals surface area contributed by atoms with Gasteiger partial charge in [-0.15, -0.1) is 0 Å². The summed E-state index contributed by atoms with van der Waals surface area (Å²) in [6.07, 6.45) is 1.03. The maximum Gasteiger partial charge on any atom is 0.122 e. The third-order valence-corrected chi connectivity index (χ3v) is 6.36. The van der Waals surface area contributed by atoms with Gasteiger partial charge in [-0.25, -0.2) is 0 Å². The second kappa shape index (κ2) is 9.64. The zero-order valence-corrected chi connectivity index (χ0v) is 18.9. The van der Waals surface area contributed by atoms with Gasteiger partial charge in [0.25, 0.3) is 0 Å². The Bertz CT molecular complexity index is 843. The minimum absolute atomic E-state index is 0.216. The molecule has 0 fully saturated rings. The maximum absolute atomic E-state index is 6.07. The van der Waals surface area contributed by atoms with Gasteiger partial charge < -0.3 is 19.7 Å². The maximum atomic E-state index is 6.07. The number of hydrogen-bond donors (Lipinski definition) is 1. The minimum atomic E-state index is 0.216. The number of fused-ring (bicyclic) bond motifs is 1. The minimum Gasteiger partial charge on any atom is -0.496 e. The van der Waals surface area contributed by atoms with Gasteiger partial charge in [-0.3, -0.25) is 0 Å². The summed E-state index contributed by atoms with van der Waals surface area (Å²) in [5.74, 6) is 1.95. The number of benzene rings is 2. The monoisotopic (exact) mass is 396 g/mol. The molecule has 2 aromatic carbocycles. The summed E-state index contributed by atoms with van der Waals surface area (Å²) in [5, 5.41) is 3.74. The lowest BCUT2D eigenvalue weighted by Crippen LogP contribution is -2.32. The van der Waals surface area contributed by atoms with Gasteiger partial charge in [0, 0.05) is 13.1 Å². The van der Waals surface area contributed by atoms with E-state index in [-0.39, 0.29) is 6.04 Å². The zero-order valence-electron chi connectivity index (χ0n) is 18.9. The Labute approximate surface area is 176 Å². The van der Waals surface area contributed by atoms with Crippen molar-refractivity contribution in [1.82, 2.24) is 10.2 Å². The van der Waals surface area contributed by atoms with E-state index in [0.717, 1.165) is 50.7 Å². The van der Waals surface area contributed by atoms with Crippen LogP contribution in [0.2, 0.25) is 0 Å². The second-order valence-electron chi connectivity index (χ2n) is 7.93. The highest BCUT2D eigenvalue weighted by Crippen LogP contribution is 2.37. The van der Waals surface area contributed by atoms with Gasteiger partial charge in [-0.2, -0.15) is 0 Å². The average molecular weight is 397 g/mol. The van der Waals surface area contributed by atoms with Crippen LogP contribution in [0.5, 0.6) is 11.5 Å². The Balaban J connectivity index is 1.84. The molecule has 1 N–H and O–H groups in total. The molecule has 0 aromatic heterocycles. The number of likely N-dealkylation sites (N-methyl/N-ethyl adjacent to an activating group) is 1. The highest BCUT2D eigenvalue weighted by molar-refractivity contribution is 5.53. The van der Waals surface area contributed by atoms with Gasteiger partial charge in [0.2, 0.25) is 0 Å². The number of nitrogens with zero attached hydrogens (tertiary/aromatic N) is 1. The van der Waals surface area contributed by atoms with E-state index < -0.39 is 0 Å². The number of aryl methyl sites for hydroxylation is 1. The first-order valence-electron chi connectivity index (χ1n) is 10.9. The van der Waals surface area contributed by atoms with Crippen molar-refractivity contribution in [1.29, 1.82) is 0 Å². The van der Waals surface area contributed by atoms with Crippen molar-refractivity contribution < 1.29 is 9.47 Å². The van der Waals surface area contributed by atoms with Crippen LogP contribution in [-0.4, -0.2) is 44.8 Å². The lowest BCUT2D eigenvalue weighted by atomic mass is 9.84. The molecule has 1 aliphatic rings. The molecule has 158 valence electrons. The Morgan fingerprint density at radius 1 is 1.07 bits per heavy atom. The van der Waals surface area contributed by atoms with Crippen molar-refractivity contribution in [3.8, 4) is 11.5 Å². The topological polar surface area (TPSA) is 33.7 Å². The van der Waals surface area contributed by atoms with Gasteiger partial charge in [-0.05, 0) is 91.9 Å². The van der Waals surface area contributed by atoms with Crippen LogP contribution in [-0.2, 0) is 6.42 Å². The summed E-state index contributed by atoms with van der Waals surface area (Å²) in [7, 11) is 1.75. The first-order valence-corrected chi connectivity index (χ1v) is 10.9. The summed E-state index contributed by atoms with van der Waals surface area (Å²) in [5.41, 5.74) is 7.93. The molecular formula is C25H36N2O2. The standard InChI is InChI=1S/C25H36N2O2/c1-7-27(8-2)13-14-29-21-9-10-22-20(16-21)11-12-26-25(22)24-17(3)15-23(28-6)18(4)19(24)5/h9-10,15-16,25-26H,7-8,11-14H2,1-6H3. The molecule has 4 heteroatoms. The summed E-state index contributed by atoms with van der Waals surface area (Å²) in [4.78, 5) is 2.38. The fourth-order valence-corrected chi connectivity index (χ4v) is 4.44. The van der Waals surface area contributed by atoms with Gasteiger partial charge in [0.15, 0.2) is 0 Å². The quantitative estimate of drug-likeness (QED) is 0.708. The molecule has 0 saturated heterocycles. The highest BCUT2D eigenvalue weighted by atomic mass is 16.5. The molecule has 1 atom stereocenters. The first-order chi connectivity index (χ1) is 14.0. The van der Waals surface area contributed by atoms with E-state index >= 15 is 0 Å². The number of hydrogen-bond acceptors (Lipinski definition) is 4. The summed E-state index contributed by atoms with van der Waals surface area (Å²) in [6.45, 7) is 15.7. The summed E-state index contributed by atoms with van der Waals surface area (Å²) < 4.78 is 11.6. The normalized spacial score (nSPS) is 16.0. The second-order valence-corrected chi connectivity index (χ2v) is 7.93. The molecule has 1 aliphatic heterocycles. The Morgan fingerprint density at radius 2 is 1.83 bits per heavy atom. The molecule has 4 nitrogen and oxygen atoms in total. The van der Waals surface area contributed by atoms with Gasteiger partial charge in [0.1, 0.15) is 18.1 Å². The van der Waals surface area contributed by atoms with Crippen molar-refractivity contribution in [2.24, 2.45) is 0 Å². The lowest BCUT2D eigenvalue weighted by Gasteiger charge is -2.31. The smallest absolute Gasteiger partial charge is 0.122 e. The fourth-order valence-electron chi connectivity index (χ4n) is 4.44.